The Kier molecular flexibility index (Phi) is 4.34. The standard InChI is InChI=1S/C21H19N3O5/c1-21(13-6-5-7-14(12-13)29-2)19(27)24(20(28)22-21)11-10-23-17(25)15-8-3-4-9-16(15)18(23)26/h3-9,12H,10-11H2,1-2H3,(H,22,28)/t21-/m0/s1. The van der Waals surface area contributed by atoms with Gasteiger partial charge in [0.05, 0.1) is 18.2 Å². The van der Waals surface area contributed by atoms with E-state index in [1.807, 2.05) is 0 Å². The molecule has 2 aromatic rings. The number of amides is 5. The Hall–Kier alpha value is -3.68. The number of ether oxygens (including phenoxy) is 1. The summed E-state index contributed by atoms with van der Waals surface area (Å²) >= 11 is 0. The van der Waals surface area contributed by atoms with Gasteiger partial charge >= 0.3 is 6.03 Å². The maximum absolute atomic E-state index is 13.0. The maximum Gasteiger partial charge on any atom is 0.325 e. The molecule has 1 N–H and O–H groups in total. The van der Waals surface area contributed by atoms with E-state index < -0.39 is 29.3 Å². The summed E-state index contributed by atoms with van der Waals surface area (Å²) in [7, 11) is 1.52. The van der Waals surface area contributed by atoms with Crippen LogP contribution in [-0.4, -0.2) is 53.8 Å². The summed E-state index contributed by atoms with van der Waals surface area (Å²) in [6.45, 7) is 1.46. The molecular weight excluding hydrogens is 374 g/mol. The Bertz CT molecular complexity index is 1020. The second-order valence-electron chi connectivity index (χ2n) is 7.05. The number of carbonyl (C=O) groups excluding carboxylic acids is 4. The third-order valence-corrected chi connectivity index (χ3v) is 5.35. The van der Waals surface area contributed by atoms with E-state index in [4.69, 9.17) is 4.74 Å². The summed E-state index contributed by atoms with van der Waals surface area (Å²) in [5.74, 6) is -0.732. The van der Waals surface area contributed by atoms with Gasteiger partial charge in [-0.1, -0.05) is 24.3 Å². The average Bonchev–Trinajstić information content (AvgIpc) is 3.11. The van der Waals surface area contributed by atoms with Crippen LogP contribution in [0, 0.1) is 0 Å². The maximum atomic E-state index is 13.0. The zero-order valence-electron chi connectivity index (χ0n) is 16.0. The number of hydrogen-bond donors (Lipinski definition) is 1. The van der Waals surface area contributed by atoms with Crippen molar-refractivity contribution in [1.29, 1.82) is 0 Å². The fourth-order valence-electron chi connectivity index (χ4n) is 3.67. The first-order valence-corrected chi connectivity index (χ1v) is 9.10. The fourth-order valence-corrected chi connectivity index (χ4v) is 3.67. The first kappa shape index (κ1) is 18.7. The molecule has 1 atom stereocenters. The van der Waals surface area contributed by atoms with Crippen molar-refractivity contribution in [2.45, 2.75) is 12.5 Å². The van der Waals surface area contributed by atoms with E-state index in [0.717, 1.165) is 9.80 Å². The lowest BCUT2D eigenvalue weighted by Crippen LogP contribution is -2.43. The second kappa shape index (κ2) is 6.73. The van der Waals surface area contributed by atoms with Gasteiger partial charge in [0, 0.05) is 13.1 Å². The average molecular weight is 393 g/mol. The summed E-state index contributed by atoms with van der Waals surface area (Å²) in [6.07, 6.45) is 0. The van der Waals surface area contributed by atoms with Crippen LogP contribution in [0.5, 0.6) is 5.75 Å². The molecule has 8 heteroatoms. The zero-order chi connectivity index (χ0) is 20.8. The van der Waals surface area contributed by atoms with Gasteiger partial charge in [0.25, 0.3) is 17.7 Å². The van der Waals surface area contributed by atoms with E-state index in [1.54, 1.807) is 55.5 Å². The minimum absolute atomic E-state index is 0.0697. The first-order chi connectivity index (χ1) is 13.9. The number of urea groups is 1. The van der Waals surface area contributed by atoms with Crippen molar-refractivity contribution in [2.24, 2.45) is 0 Å². The van der Waals surface area contributed by atoms with Crippen LogP contribution in [0.1, 0.15) is 33.2 Å². The Morgan fingerprint density at radius 3 is 2.14 bits per heavy atom. The van der Waals surface area contributed by atoms with Crippen LogP contribution in [0.2, 0.25) is 0 Å². The summed E-state index contributed by atoms with van der Waals surface area (Å²) in [6, 6.07) is 12.9. The van der Waals surface area contributed by atoms with Gasteiger partial charge in [-0.3, -0.25) is 24.2 Å². The molecule has 2 aliphatic heterocycles. The van der Waals surface area contributed by atoms with Gasteiger partial charge in [0.1, 0.15) is 11.3 Å². The van der Waals surface area contributed by atoms with E-state index in [2.05, 4.69) is 5.32 Å². The number of carbonyl (C=O) groups is 4. The number of nitrogens with one attached hydrogen (secondary N) is 1. The lowest BCUT2D eigenvalue weighted by molar-refractivity contribution is -0.131. The normalized spacial score (nSPS) is 20.9. The number of hydrogen-bond acceptors (Lipinski definition) is 5. The van der Waals surface area contributed by atoms with Crippen molar-refractivity contribution in [3.63, 3.8) is 0 Å². The van der Waals surface area contributed by atoms with Crippen LogP contribution in [0.3, 0.4) is 0 Å². The summed E-state index contributed by atoms with van der Waals surface area (Å²) in [4.78, 5) is 52.6. The topological polar surface area (TPSA) is 96.0 Å². The van der Waals surface area contributed by atoms with Gasteiger partial charge in [-0.05, 0) is 36.8 Å². The van der Waals surface area contributed by atoms with Gasteiger partial charge < -0.3 is 10.1 Å². The lowest BCUT2D eigenvalue weighted by Gasteiger charge is -2.23. The van der Waals surface area contributed by atoms with E-state index in [-0.39, 0.29) is 13.1 Å². The van der Waals surface area contributed by atoms with E-state index in [0.29, 0.717) is 22.4 Å². The lowest BCUT2D eigenvalue weighted by atomic mass is 9.92. The quantitative estimate of drug-likeness (QED) is 0.617. The Morgan fingerprint density at radius 2 is 1.52 bits per heavy atom. The molecule has 1 saturated heterocycles. The van der Waals surface area contributed by atoms with Crippen LogP contribution in [0.25, 0.3) is 0 Å². The summed E-state index contributed by atoms with van der Waals surface area (Å²) in [5, 5.41) is 2.71. The van der Waals surface area contributed by atoms with Crippen molar-refractivity contribution in [3.05, 3.63) is 65.2 Å². The molecule has 0 radical (unpaired) electrons. The Balaban J connectivity index is 1.52. The van der Waals surface area contributed by atoms with E-state index in [1.165, 1.54) is 7.11 Å². The molecule has 0 aliphatic carbocycles. The third kappa shape index (κ3) is 2.84. The SMILES string of the molecule is COc1cccc([C@]2(C)NC(=O)N(CCN3C(=O)c4ccccc4C3=O)C2=O)c1. The van der Waals surface area contributed by atoms with E-state index >= 15 is 0 Å². The molecule has 0 saturated carbocycles. The third-order valence-electron chi connectivity index (χ3n) is 5.35. The highest BCUT2D eigenvalue weighted by Crippen LogP contribution is 2.31. The minimum atomic E-state index is -1.26. The molecule has 5 amide bonds. The highest BCUT2D eigenvalue weighted by atomic mass is 16.5. The first-order valence-electron chi connectivity index (χ1n) is 9.10. The van der Waals surface area contributed by atoms with Gasteiger partial charge in [0.2, 0.25) is 0 Å². The summed E-state index contributed by atoms with van der Waals surface area (Å²) in [5.41, 5.74) is -0.0153. The van der Waals surface area contributed by atoms with Crippen LogP contribution in [-0.2, 0) is 10.3 Å². The molecular formula is C21H19N3O5. The molecule has 2 aromatic carbocycles. The fraction of sp³-hybridized carbons (Fsp3) is 0.238. The van der Waals surface area contributed by atoms with Crippen molar-refractivity contribution in [3.8, 4) is 5.75 Å². The molecule has 29 heavy (non-hydrogen) atoms. The molecule has 2 heterocycles. The number of imide groups is 2. The molecule has 148 valence electrons. The van der Waals surface area contributed by atoms with Gasteiger partial charge in [-0.2, -0.15) is 0 Å². The number of benzene rings is 2. The van der Waals surface area contributed by atoms with Gasteiger partial charge in [-0.15, -0.1) is 0 Å². The highest BCUT2D eigenvalue weighted by Gasteiger charge is 2.49. The highest BCUT2D eigenvalue weighted by molar-refractivity contribution is 6.21. The van der Waals surface area contributed by atoms with Crippen LogP contribution in [0.15, 0.2) is 48.5 Å². The molecule has 1 fully saturated rings. The number of methoxy groups -OCH3 is 1. The van der Waals surface area contributed by atoms with Crippen LogP contribution in [0.4, 0.5) is 4.79 Å². The van der Waals surface area contributed by atoms with Crippen molar-refractivity contribution in [2.75, 3.05) is 20.2 Å². The van der Waals surface area contributed by atoms with Crippen molar-refractivity contribution in [1.82, 2.24) is 15.1 Å². The minimum Gasteiger partial charge on any atom is -0.497 e. The van der Waals surface area contributed by atoms with Crippen molar-refractivity contribution >= 4 is 23.8 Å². The van der Waals surface area contributed by atoms with Crippen LogP contribution < -0.4 is 10.1 Å². The Labute approximate surface area is 167 Å². The van der Waals surface area contributed by atoms with Crippen molar-refractivity contribution < 1.29 is 23.9 Å². The second-order valence-corrected chi connectivity index (χ2v) is 7.05. The monoisotopic (exact) mass is 393 g/mol. The molecule has 0 unspecified atom stereocenters. The molecule has 0 spiro atoms. The molecule has 0 aromatic heterocycles. The van der Waals surface area contributed by atoms with Gasteiger partial charge in [-0.25, -0.2) is 4.79 Å². The molecule has 8 nitrogen and oxygen atoms in total. The van der Waals surface area contributed by atoms with Crippen LogP contribution >= 0.6 is 0 Å². The zero-order valence-corrected chi connectivity index (χ0v) is 16.0. The molecule has 2 aliphatic rings. The number of nitrogens with zero attached hydrogens (tertiary/aromatic N) is 2. The number of rotatable bonds is 5. The largest absolute Gasteiger partial charge is 0.497 e. The summed E-state index contributed by atoms with van der Waals surface area (Å²) < 4.78 is 5.20. The number of fused-ring (bicyclic) bond motifs is 1. The Morgan fingerprint density at radius 1 is 0.897 bits per heavy atom. The van der Waals surface area contributed by atoms with Gasteiger partial charge in [0.15, 0.2) is 0 Å². The molecule has 0 bridgehead atoms. The van der Waals surface area contributed by atoms with E-state index in [9.17, 15) is 19.2 Å². The predicted octanol–water partition coefficient (Wildman–Crippen LogP) is 1.76. The predicted molar refractivity (Wildman–Crippen MR) is 102 cm³/mol. The molecule has 4 rings (SSSR count). The smallest absolute Gasteiger partial charge is 0.325 e.